The van der Waals surface area contributed by atoms with Crippen molar-refractivity contribution in [1.82, 2.24) is 10.1 Å². The largest absolute Gasteiger partial charge is 0.497 e. The van der Waals surface area contributed by atoms with Crippen LogP contribution in [0.25, 0.3) is 10.6 Å². The third-order valence-electron chi connectivity index (χ3n) is 3.35. The van der Waals surface area contributed by atoms with E-state index in [2.05, 4.69) is 10.1 Å². The predicted molar refractivity (Wildman–Crippen MR) is 89.2 cm³/mol. The highest BCUT2D eigenvalue weighted by atomic mass is 32.1. The van der Waals surface area contributed by atoms with Crippen LogP contribution in [0.1, 0.15) is 26.8 Å². The highest BCUT2D eigenvalue weighted by Gasteiger charge is 2.18. The minimum atomic E-state index is -0.412. The molecule has 0 fully saturated rings. The third-order valence-corrected chi connectivity index (χ3v) is 4.53. The first-order valence-corrected chi connectivity index (χ1v) is 8.09. The monoisotopic (exact) mass is 344 g/mol. The molecular weight excluding hydrogens is 328 g/mol. The highest BCUT2D eigenvalue weighted by Crippen LogP contribution is 2.29. The maximum Gasteiger partial charge on any atom is 0.350 e. The average Bonchev–Trinajstić information content (AvgIpc) is 3.18. The summed E-state index contributed by atoms with van der Waals surface area (Å²) in [6.07, 6.45) is 0. The second kappa shape index (κ2) is 6.84. The van der Waals surface area contributed by atoms with Gasteiger partial charge < -0.3 is 14.0 Å². The Kier molecular flexibility index (Phi) is 4.61. The average molecular weight is 344 g/mol. The number of esters is 1. The molecule has 0 radical (unpaired) electrons. The van der Waals surface area contributed by atoms with Gasteiger partial charge in [0.25, 0.3) is 0 Å². The summed E-state index contributed by atoms with van der Waals surface area (Å²) in [4.78, 5) is 17.2. The van der Waals surface area contributed by atoms with E-state index < -0.39 is 5.97 Å². The standard InChI is InChI=1S/C17H16N2O4S/c1-10-8-13(19-23-10)9-22-17(20)15-11(2)18-16(24-15)12-4-6-14(21-3)7-5-12/h4-8H,9H2,1-3H3. The molecule has 24 heavy (non-hydrogen) atoms. The molecule has 0 atom stereocenters. The molecule has 0 aliphatic carbocycles. The summed E-state index contributed by atoms with van der Waals surface area (Å²) in [6, 6.07) is 9.26. The van der Waals surface area contributed by atoms with E-state index in [0.717, 1.165) is 16.3 Å². The topological polar surface area (TPSA) is 74.5 Å². The van der Waals surface area contributed by atoms with Gasteiger partial charge in [-0.05, 0) is 38.1 Å². The molecule has 7 heteroatoms. The summed E-state index contributed by atoms with van der Waals surface area (Å²) in [6.45, 7) is 3.65. The van der Waals surface area contributed by atoms with Gasteiger partial charge in [-0.15, -0.1) is 11.3 Å². The third kappa shape index (κ3) is 3.46. The number of nitrogens with zero attached hydrogens (tertiary/aromatic N) is 2. The molecule has 1 aromatic carbocycles. The van der Waals surface area contributed by atoms with Gasteiger partial charge in [0.1, 0.15) is 33.7 Å². The first-order chi connectivity index (χ1) is 11.6. The minimum absolute atomic E-state index is 0.0748. The molecule has 3 aromatic rings. The first kappa shape index (κ1) is 16.2. The van der Waals surface area contributed by atoms with Crippen LogP contribution in [-0.2, 0) is 11.3 Å². The van der Waals surface area contributed by atoms with E-state index in [9.17, 15) is 4.79 Å². The first-order valence-electron chi connectivity index (χ1n) is 7.28. The van der Waals surface area contributed by atoms with Gasteiger partial charge in [0, 0.05) is 11.6 Å². The number of aryl methyl sites for hydroxylation is 2. The van der Waals surface area contributed by atoms with Crippen molar-refractivity contribution in [3.05, 3.63) is 52.4 Å². The molecule has 6 nitrogen and oxygen atoms in total. The summed E-state index contributed by atoms with van der Waals surface area (Å²) < 4.78 is 15.4. The van der Waals surface area contributed by atoms with Crippen LogP contribution in [0.5, 0.6) is 5.75 Å². The van der Waals surface area contributed by atoms with E-state index in [4.69, 9.17) is 14.0 Å². The number of thiazole rings is 1. The number of aromatic nitrogens is 2. The Balaban J connectivity index is 1.73. The number of hydrogen-bond donors (Lipinski definition) is 0. The minimum Gasteiger partial charge on any atom is -0.497 e. The van der Waals surface area contributed by atoms with Crippen molar-refractivity contribution < 1.29 is 18.8 Å². The zero-order valence-electron chi connectivity index (χ0n) is 13.5. The van der Waals surface area contributed by atoms with Crippen LogP contribution < -0.4 is 4.74 Å². The van der Waals surface area contributed by atoms with Crippen molar-refractivity contribution in [2.24, 2.45) is 0 Å². The van der Waals surface area contributed by atoms with Gasteiger partial charge in [-0.1, -0.05) is 5.16 Å². The Bertz CT molecular complexity index is 852. The van der Waals surface area contributed by atoms with Gasteiger partial charge in [0.15, 0.2) is 0 Å². The van der Waals surface area contributed by atoms with E-state index in [0.29, 0.717) is 22.0 Å². The van der Waals surface area contributed by atoms with E-state index in [1.54, 1.807) is 27.0 Å². The van der Waals surface area contributed by atoms with Gasteiger partial charge in [-0.25, -0.2) is 9.78 Å². The number of ether oxygens (including phenoxy) is 2. The van der Waals surface area contributed by atoms with Crippen LogP contribution in [0, 0.1) is 13.8 Å². The maximum atomic E-state index is 12.3. The number of carbonyl (C=O) groups excluding carboxylic acids is 1. The fourth-order valence-electron chi connectivity index (χ4n) is 2.13. The van der Waals surface area contributed by atoms with Crippen LogP contribution in [0.4, 0.5) is 0 Å². The molecule has 2 aromatic heterocycles. The fourth-order valence-corrected chi connectivity index (χ4v) is 3.10. The zero-order chi connectivity index (χ0) is 17.1. The van der Waals surface area contributed by atoms with Crippen molar-refractivity contribution in [2.45, 2.75) is 20.5 Å². The molecule has 0 bridgehead atoms. The number of methoxy groups -OCH3 is 1. The van der Waals surface area contributed by atoms with E-state index in [-0.39, 0.29) is 6.61 Å². The quantitative estimate of drug-likeness (QED) is 0.656. The predicted octanol–water partition coefficient (Wildman–Crippen LogP) is 3.78. The molecule has 0 unspecified atom stereocenters. The van der Waals surface area contributed by atoms with Crippen LogP contribution in [0.3, 0.4) is 0 Å². The lowest BCUT2D eigenvalue weighted by molar-refractivity contribution is 0.0469. The zero-order valence-corrected chi connectivity index (χ0v) is 14.3. The number of benzene rings is 1. The molecule has 0 saturated heterocycles. The van der Waals surface area contributed by atoms with Crippen molar-refractivity contribution in [1.29, 1.82) is 0 Å². The summed E-state index contributed by atoms with van der Waals surface area (Å²) in [5, 5.41) is 4.56. The normalized spacial score (nSPS) is 10.6. The summed E-state index contributed by atoms with van der Waals surface area (Å²) in [7, 11) is 1.62. The van der Waals surface area contributed by atoms with Crippen molar-refractivity contribution in [3.8, 4) is 16.3 Å². The van der Waals surface area contributed by atoms with Gasteiger partial charge >= 0.3 is 5.97 Å². The van der Waals surface area contributed by atoms with Crippen LogP contribution in [0.2, 0.25) is 0 Å². The molecule has 3 rings (SSSR count). The maximum absolute atomic E-state index is 12.3. The number of hydrogen-bond acceptors (Lipinski definition) is 7. The molecule has 0 aliphatic rings. The molecule has 124 valence electrons. The summed E-state index contributed by atoms with van der Waals surface area (Å²) >= 11 is 1.30. The van der Waals surface area contributed by atoms with E-state index in [1.165, 1.54) is 11.3 Å². The van der Waals surface area contributed by atoms with E-state index >= 15 is 0 Å². The van der Waals surface area contributed by atoms with E-state index in [1.807, 2.05) is 24.3 Å². The highest BCUT2D eigenvalue weighted by molar-refractivity contribution is 7.17. The second-order valence-electron chi connectivity index (χ2n) is 5.17. The van der Waals surface area contributed by atoms with Gasteiger partial charge in [-0.2, -0.15) is 0 Å². The van der Waals surface area contributed by atoms with Crippen molar-refractivity contribution in [3.63, 3.8) is 0 Å². The lowest BCUT2D eigenvalue weighted by Crippen LogP contribution is -2.05. The lowest BCUT2D eigenvalue weighted by Gasteiger charge is -2.00. The summed E-state index contributed by atoms with van der Waals surface area (Å²) in [5.74, 6) is 1.04. The smallest absolute Gasteiger partial charge is 0.350 e. The Morgan fingerprint density at radius 3 is 2.62 bits per heavy atom. The molecule has 0 N–H and O–H groups in total. The molecule has 0 aliphatic heterocycles. The van der Waals surface area contributed by atoms with Crippen LogP contribution in [-0.4, -0.2) is 23.2 Å². The SMILES string of the molecule is COc1ccc(-c2nc(C)c(C(=O)OCc3cc(C)on3)s2)cc1. The fraction of sp³-hybridized carbons (Fsp3) is 0.235. The Morgan fingerprint density at radius 1 is 1.25 bits per heavy atom. The Labute approximate surface area is 143 Å². The van der Waals surface area contributed by atoms with Crippen molar-refractivity contribution >= 4 is 17.3 Å². The number of carbonyl (C=O) groups is 1. The molecule has 0 spiro atoms. The van der Waals surface area contributed by atoms with Crippen LogP contribution in [0.15, 0.2) is 34.9 Å². The van der Waals surface area contributed by atoms with Gasteiger partial charge in [-0.3, -0.25) is 0 Å². The van der Waals surface area contributed by atoms with Gasteiger partial charge in [0.2, 0.25) is 0 Å². The lowest BCUT2D eigenvalue weighted by atomic mass is 10.2. The Morgan fingerprint density at radius 2 is 2.00 bits per heavy atom. The summed E-state index contributed by atoms with van der Waals surface area (Å²) in [5.41, 5.74) is 2.15. The molecule has 0 amide bonds. The van der Waals surface area contributed by atoms with Crippen molar-refractivity contribution in [2.75, 3.05) is 7.11 Å². The van der Waals surface area contributed by atoms with Crippen LogP contribution >= 0.6 is 11.3 Å². The molecule has 0 saturated carbocycles. The van der Waals surface area contributed by atoms with Gasteiger partial charge in [0.05, 0.1) is 12.8 Å². The number of rotatable bonds is 5. The molecule has 2 heterocycles. The molecular formula is C17H16N2O4S. The second-order valence-corrected chi connectivity index (χ2v) is 6.17. The Hall–Kier alpha value is -2.67.